The van der Waals surface area contributed by atoms with Crippen LogP contribution in [0.4, 0.5) is 5.69 Å². The molecule has 164 valence electrons. The summed E-state index contributed by atoms with van der Waals surface area (Å²) in [7, 11) is -3.77. The SMILES string of the molecule is Cc1c(Cl)cccc1N1CCCN(CC(=O)NC2C3CC4CC(C3)CC2C4)S1(=O)=O. The average Bonchev–Trinajstić information content (AvgIpc) is 2.68. The smallest absolute Gasteiger partial charge is 0.304 e. The molecule has 0 atom stereocenters. The van der Waals surface area contributed by atoms with Crippen LogP contribution in [-0.4, -0.2) is 44.3 Å². The molecule has 1 heterocycles. The van der Waals surface area contributed by atoms with Crippen molar-refractivity contribution >= 4 is 33.4 Å². The quantitative estimate of drug-likeness (QED) is 0.763. The van der Waals surface area contributed by atoms with Crippen molar-refractivity contribution in [3.8, 4) is 0 Å². The van der Waals surface area contributed by atoms with E-state index in [2.05, 4.69) is 5.32 Å². The highest BCUT2D eigenvalue weighted by Crippen LogP contribution is 2.53. The zero-order chi connectivity index (χ0) is 21.0. The molecule has 6 nitrogen and oxygen atoms in total. The fourth-order valence-electron chi connectivity index (χ4n) is 6.58. The Morgan fingerprint density at radius 2 is 1.77 bits per heavy atom. The number of benzene rings is 1. The second-order valence-corrected chi connectivity index (χ2v) is 11.9. The summed E-state index contributed by atoms with van der Waals surface area (Å²) in [4.78, 5) is 12.9. The van der Waals surface area contributed by atoms with Gasteiger partial charge >= 0.3 is 10.2 Å². The van der Waals surface area contributed by atoms with E-state index in [1.807, 2.05) is 6.92 Å². The van der Waals surface area contributed by atoms with Crippen LogP contribution in [0.15, 0.2) is 18.2 Å². The van der Waals surface area contributed by atoms with E-state index in [0.717, 1.165) is 17.4 Å². The van der Waals surface area contributed by atoms with Crippen molar-refractivity contribution in [3.63, 3.8) is 0 Å². The molecule has 1 aromatic rings. The van der Waals surface area contributed by atoms with Crippen molar-refractivity contribution in [1.29, 1.82) is 0 Å². The Morgan fingerprint density at radius 1 is 1.10 bits per heavy atom. The van der Waals surface area contributed by atoms with Gasteiger partial charge in [-0.2, -0.15) is 12.7 Å². The van der Waals surface area contributed by atoms with E-state index in [1.54, 1.807) is 18.2 Å². The lowest BCUT2D eigenvalue weighted by Crippen LogP contribution is -2.58. The van der Waals surface area contributed by atoms with Crippen molar-refractivity contribution in [1.82, 2.24) is 9.62 Å². The normalized spacial score (nSPS) is 34.9. The fraction of sp³-hybridized carbons (Fsp3) is 0.682. The molecule has 30 heavy (non-hydrogen) atoms. The predicted octanol–water partition coefficient (Wildman–Crippen LogP) is 3.35. The summed E-state index contributed by atoms with van der Waals surface area (Å²) in [6, 6.07) is 5.52. The molecule has 1 aliphatic heterocycles. The highest BCUT2D eigenvalue weighted by atomic mass is 35.5. The third-order valence-corrected chi connectivity index (χ3v) is 10.1. The summed E-state index contributed by atoms with van der Waals surface area (Å²) >= 11 is 6.22. The zero-order valence-corrected chi connectivity index (χ0v) is 19.0. The number of amides is 1. The number of anilines is 1. The zero-order valence-electron chi connectivity index (χ0n) is 17.4. The van der Waals surface area contributed by atoms with Gasteiger partial charge in [-0.3, -0.25) is 9.10 Å². The number of hydrogen-bond donors (Lipinski definition) is 1. The van der Waals surface area contributed by atoms with Crippen LogP contribution in [0.2, 0.25) is 5.02 Å². The van der Waals surface area contributed by atoms with Crippen molar-refractivity contribution < 1.29 is 13.2 Å². The van der Waals surface area contributed by atoms with Crippen LogP contribution in [-0.2, 0) is 15.0 Å². The minimum atomic E-state index is -3.77. The van der Waals surface area contributed by atoms with Crippen molar-refractivity contribution in [3.05, 3.63) is 28.8 Å². The first kappa shape index (κ1) is 20.6. The lowest BCUT2D eigenvalue weighted by atomic mass is 9.54. The van der Waals surface area contributed by atoms with Gasteiger partial charge in [-0.1, -0.05) is 17.7 Å². The second kappa shape index (κ2) is 7.68. The summed E-state index contributed by atoms with van der Waals surface area (Å²) in [5.74, 6) is 2.68. The first-order valence-electron chi connectivity index (χ1n) is 11.1. The van der Waals surface area contributed by atoms with Gasteiger partial charge in [0.15, 0.2) is 0 Å². The second-order valence-electron chi connectivity index (χ2n) is 9.68. The molecule has 1 amide bonds. The number of carbonyl (C=O) groups is 1. The number of hydrogen-bond acceptors (Lipinski definition) is 3. The molecular weight excluding hydrogens is 422 g/mol. The molecule has 1 saturated heterocycles. The number of nitrogens with one attached hydrogen (secondary N) is 1. The van der Waals surface area contributed by atoms with Crippen LogP contribution in [0.3, 0.4) is 0 Å². The van der Waals surface area contributed by atoms with Gasteiger partial charge in [0, 0.05) is 24.2 Å². The molecule has 1 aromatic carbocycles. The Balaban J connectivity index is 1.29. The van der Waals surface area contributed by atoms with Crippen LogP contribution < -0.4 is 9.62 Å². The maximum atomic E-state index is 13.3. The molecule has 5 fully saturated rings. The van der Waals surface area contributed by atoms with Gasteiger partial charge in [-0.25, -0.2) is 0 Å². The molecule has 4 saturated carbocycles. The Bertz CT molecular complexity index is 923. The van der Waals surface area contributed by atoms with Gasteiger partial charge in [-0.15, -0.1) is 0 Å². The first-order chi connectivity index (χ1) is 14.3. The van der Waals surface area contributed by atoms with E-state index in [0.29, 0.717) is 42.1 Å². The summed E-state index contributed by atoms with van der Waals surface area (Å²) in [6.45, 7) is 2.48. The van der Waals surface area contributed by atoms with Crippen molar-refractivity contribution in [2.75, 3.05) is 23.9 Å². The van der Waals surface area contributed by atoms with Crippen molar-refractivity contribution in [2.45, 2.75) is 51.5 Å². The topological polar surface area (TPSA) is 69.7 Å². The standard InChI is InChI=1S/C22H30ClN3O3S/c1-14-19(23)4-2-5-20(14)26-7-3-6-25(30(26,28)29)13-21(27)24-22-17-9-15-8-16(11-17)12-18(22)10-15/h2,4-5,15-18,22H,3,6-13H2,1H3,(H,24,27). The van der Waals surface area contributed by atoms with Gasteiger partial charge in [0.2, 0.25) is 5.91 Å². The Morgan fingerprint density at radius 3 is 2.43 bits per heavy atom. The number of carbonyl (C=O) groups excluding carboxylic acids is 1. The highest BCUT2D eigenvalue weighted by Gasteiger charge is 2.48. The third-order valence-electron chi connectivity index (χ3n) is 7.76. The van der Waals surface area contributed by atoms with Gasteiger partial charge < -0.3 is 5.32 Å². The summed E-state index contributed by atoms with van der Waals surface area (Å²) in [5.41, 5.74) is 1.33. The predicted molar refractivity (Wildman–Crippen MR) is 118 cm³/mol. The summed E-state index contributed by atoms with van der Waals surface area (Å²) < 4.78 is 29.3. The van der Waals surface area contributed by atoms with Crippen LogP contribution in [0, 0.1) is 30.6 Å². The molecule has 0 radical (unpaired) electrons. The number of rotatable bonds is 4. The van der Waals surface area contributed by atoms with Crippen LogP contribution >= 0.6 is 11.6 Å². The molecule has 6 rings (SSSR count). The van der Waals surface area contributed by atoms with Gasteiger partial charge in [0.25, 0.3) is 0 Å². The summed E-state index contributed by atoms with van der Waals surface area (Å²) in [6.07, 6.45) is 6.95. The number of halogens is 1. The van der Waals surface area contributed by atoms with Crippen LogP contribution in [0.5, 0.6) is 0 Å². The van der Waals surface area contributed by atoms with Gasteiger partial charge in [-0.05, 0) is 86.8 Å². The average molecular weight is 452 g/mol. The Hall–Kier alpha value is -1.31. The minimum absolute atomic E-state index is 0.110. The molecule has 4 bridgehead atoms. The van der Waals surface area contributed by atoms with E-state index in [4.69, 9.17) is 11.6 Å². The van der Waals surface area contributed by atoms with Crippen LogP contribution in [0.1, 0.15) is 44.1 Å². The van der Waals surface area contributed by atoms with E-state index in [-0.39, 0.29) is 18.5 Å². The maximum Gasteiger partial charge on any atom is 0.304 e. The largest absolute Gasteiger partial charge is 0.352 e. The van der Waals surface area contributed by atoms with E-state index in [9.17, 15) is 13.2 Å². The molecule has 0 unspecified atom stereocenters. The third kappa shape index (κ3) is 3.53. The summed E-state index contributed by atoms with van der Waals surface area (Å²) in [5, 5.41) is 3.78. The minimum Gasteiger partial charge on any atom is -0.352 e. The Labute approximate surface area is 184 Å². The fourth-order valence-corrected chi connectivity index (χ4v) is 8.48. The maximum absolute atomic E-state index is 13.3. The molecule has 4 aliphatic carbocycles. The van der Waals surface area contributed by atoms with Gasteiger partial charge in [0.05, 0.1) is 12.2 Å². The Kier molecular flexibility index (Phi) is 5.27. The van der Waals surface area contributed by atoms with E-state index < -0.39 is 10.2 Å². The van der Waals surface area contributed by atoms with Crippen LogP contribution in [0.25, 0.3) is 0 Å². The first-order valence-corrected chi connectivity index (χ1v) is 12.9. The van der Waals surface area contributed by atoms with Crippen molar-refractivity contribution in [2.24, 2.45) is 23.7 Å². The molecule has 0 spiro atoms. The molecule has 5 aliphatic rings. The molecule has 0 aromatic heterocycles. The van der Waals surface area contributed by atoms with E-state index in [1.165, 1.54) is 40.7 Å². The number of nitrogens with zero attached hydrogens (tertiary/aromatic N) is 2. The monoisotopic (exact) mass is 451 g/mol. The lowest BCUT2D eigenvalue weighted by molar-refractivity contribution is -0.125. The van der Waals surface area contributed by atoms with E-state index >= 15 is 0 Å². The molecular formula is C22H30ClN3O3S. The molecule has 8 heteroatoms. The van der Waals surface area contributed by atoms with Gasteiger partial charge in [0.1, 0.15) is 0 Å². The highest BCUT2D eigenvalue weighted by molar-refractivity contribution is 7.90. The molecule has 1 N–H and O–H groups in total. The lowest BCUT2D eigenvalue weighted by Gasteiger charge is -2.54.